The molecule has 0 saturated heterocycles. The molecule has 2 N–H and O–H groups in total. The van der Waals surface area contributed by atoms with Crippen molar-refractivity contribution in [2.45, 2.75) is 76.8 Å². The van der Waals surface area contributed by atoms with Crippen LogP contribution in [-0.4, -0.2) is 18.3 Å². The Morgan fingerprint density at radius 1 is 0.897 bits per heavy atom. The SMILES string of the molecule is O=C(NCCCCCCCCCCCCCS)Nc1ccc(Cl)c(C(F)(F)F)c1. The van der Waals surface area contributed by atoms with Crippen LogP contribution in [0.15, 0.2) is 18.2 Å². The molecular formula is C21H32ClF3N2OS. The largest absolute Gasteiger partial charge is 0.417 e. The van der Waals surface area contributed by atoms with Gasteiger partial charge in [0.15, 0.2) is 0 Å². The number of nitrogens with one attached hydrogen (secondary N) is 2. The van der Waals surface area contributed by atoms with Crippen LogP contribution in [0.1, 0.15) is 76.2 Å². The highest BCUT2D eigenvalue weighted by Gasteiger charge is 2.33. The van der Waals surface area contributed by atoms with Gasteiger partial charge in [-0.2, -0.15) is 25.8 Å². The first kappa shape index (κ1) is 26.0. The van der Waals surface area contributed by atoms with E-state index in [1.807, 2.05) is 0 Å². The van der Waals surface area contributed by atoms with Crippen LogP contribution in [0.25, 0.3) is 0 Å². The number of carbonyl (C=O) groups is 1. The van der Waals surface area contributed by atoms with E-state index in [-0.39, 0.29) is 5.69 Å². The zero-order chi connectivity index (χ0) is 21.5. The number of amides is 2. The number of benzene rings is 1. The maximum Gasteiger partial charge on any atom is 0.417 e. The number of thiol groups is 1. The van der Waals surface area contributed by atoms with Gasteiger partial charge in [0, 0.05) is 12.2 Å². The number of halogens is 4. The minimum Gasteiger partial charge on any atom is -0.338 e. The van der Waals surface area contributed by atoms with Crippen LogP contribution in [0.4, 0.5) is 23.7 Å². The fraction of sp³-hybridized carbons (Fsp3) is 0.667. The summed E-state index contributed by atoms with van der Waals surface area (Å²) < 4.78 is 38.5. The fourth-order valence-electron chi connectivity index (χ4n) is 3.03. The highest BCUT2D eigenvalue weighted by molar-refractivity contribution is 7.80. The van der Waals surface area contributed by atoms with E-state index in [1.165, 1.54) is 57.4 Å². The highest BCUT2D eigenvalue weighted by atomic mass is 35.5. The molecule has 1 rings (SSSR count). The minimum absolute atomic E-state index is 0.0600. The Morgan fingerprint density at radius 3 is 1.93 bits per heavy atom. The first-order valence-corrected chi connectivity index (χ1v) is 11.4. The summed E-state index contributed by atoms with van der Waals surface area (Å²) in [6.07, 6.45) is 8.60. The van der Waals surface area contributed by atoms with Gasteiger partial charge in [-0.05, 0) is 36.8 Å². The second-order valence-corrected chi connectivity index (χ2v) is 8.04. The van der Waals surface area contributed by atoms with Crippen LogP contribution in [0.3, 0.4) is 0 Å². The smallest absolute Gasteiger partial charge is 0.338 e. The third-order valence-corrected chi connectivity index (χ3v) is 5.30. The summed E-state index contributed by atoms with van der Waals surface area (Å²) in [4.78, 5) is 11.8. The van der Waals surface area contributed by atoms with E-state index in [0.29, 0.717) is 6.54 Å². The predicted molar refractivity (Wildman–Crippen MR) is 118 cm³/mol. The molecule has 0 saturated carbocycles. The monoisotopic (exact) mass is 452 g/mol. The molecule has 0 heterocycles. The Hall–Kier alpha value is -1.08. The molecule has 0 bridgehead atoms. The van der Waals surface area contributed by atoms with Gasteiger partial charge in [-0.25, -0.2) is 4.79 Å². The van der Waals surface area contributed by atoms with Gasteiger partial charge in [0.05, 0.1) is 10.6 Å². The van der Waals surface area contributed by atoms with Gasteiger partial charge in [0.25, 0.3) is 0 Å². The number of rotatable bonds is 14. The van der Waals surface area contributed by atoms with E-state index in [0.717, 1.165) is 37.1 Å². The summed E-state index contributed by atoms with van der Waals surface area (Å²) >= 11 is 9.77. The first-order valence-electron chi connectivity index (χ1n) is 10.4. The third-order valence-electron chi connectivity index (χ3n) is 4.65. The topological polar surface area (TPSA) is 41.1 Å². The van der Waals surface area contributed by atoms with E-state index in [2.05, 4.69) is 23.3 Å². The van der Waals surface area contributed by atoms with Crippen LogP contribution in [0.2, 0.25) is 5.02 Å². The Labute approximate surface area is 182 Å². The van der Waals surface area contributed by atoms with Gasteiger partial charge in [-0.15, -0.1) is 0 Å². The van der Waals surface area contributed by atoms with E-state index in [1.54, 1.807) is 0 Å². The molecule has 0 aliphatic rings. The minimum atomic E-state index is -4.56. The zero-order valence-corrected chi connectivity index (χ0v) is 18.4. The maximum atomic E-state index is 12.8. The standard InChI is InChI=1S/C21H32ClF3N2OS/c22-19-13-12-17(16-18(19)21(23,24)25)27-20(28)26-14-10-8-6-4-2-1-3-5-7-9-11-15-29/h12-13,16,29H,1-11,14-15H2,(H2,26,27,28). The Kier molecular flexibility index (Phi) is 13.3. The lowest BCUT2D eigenvalue weighted by atomic mass is 10.1. The van der Waals surface area contributed by atoms with Gasteiger partial charge in [0.2, 0.25) is 0 Å². The average Bonchev–Trinajstić information content (AvgIpc) is 2.66. The first-order chi connectivity index (χ1) is 13.8. The molecule has 0 aromatic heterocycles. The molecule has 29 heavy (non-hydrogen) atoms. The molecular weight excluding hydrogens is 421 g/mol. The summed E-state index contributed by atoms with van der Waals surface area (Å²) in [5.41, 5.74) is -0.903. The van der Waals surface area contributed by atoms with Gasteiger partial charge in [-0.3, -0.25) is 0 Å². The van der Waals surface area contributed by atoms with Crippen molar-refractivity contribution in [2.24, 2.45) is 0 Å². The van der Waals surface area contributed by atoms with Crippen LogP contribution in [-0.2, 0) is 6.18 Å². The lowest BCUT2D eigenvalue weighted by Crippen LogP contribution is -2.29. The van der Waals surface area contributed by atoms with Crippen molar-refractivity contribution in [2.75, 3.05) is 17.6 Å². The maximum absolute atomic E-state index is 12.8. The van der Waals surface area contributed by atoms with Crippen LogP contribution in [0.5, 0.6) is 0 Å². The molecule has 0 spiro atoms. The Balaban J connectivity index is 2.06. The van der Waals surface area contributed by atoms with E-state index >= 15 is 0 Å². The van der Waals surface area contributed by atoms with E-state index < -0.39 is 22.8 Å². The Morgan fingerprint density at radius 2 is 1.41 bits per heavy atom. The van der Waals surface area contributed by atoms with Crippen molar-refractivity contribution in [1.29, 1.82) is 0 Å². The third kappa shape index (κ3) is 12.3. The predicted octanol–water partition coefficient (Wildman–Crippen LogP) is 7.70. The second kappa shape index (κ2) is 14.8. The van der Waals surface area contributed by atoms with Crippen molar-refractivity contribution < 1.29 is 18.0 Å². The zero-order valence-electron chi connectivity index (χ0n) is 16.8. The number of carbonyl (C=O) groups excluding carboxylic acids is 1. The van der Waals surface area contributed by atoms with Crippen LogP contribution < -0.4 is 10.6 Å². The second-order valence-electron chi connectivity index (χ2n) is 7.19. The summed E-state index contributed by atoms with van der Waals surface area (Å²) in [7, 11) is 0. The van der Waals surface area contributed by atoms with Crippen molar-refractivity contribution in [1.82, 2.24) is 5.32 Å². The normalized spacial score (nSPS) is 11.5. The van der Waals surface area contributed by atoms with Crippen molar-refractivity contribution in [3.8, 4) is 0 Å². The molecule has 0 unspecified atom stereocenters. The molecule has 0 fully saturated rings. The van der Waals surface area contributed by atoms with Crippen LogP contribution in [0, 0.1) is 0 Å². The lowest BCUT2D eigenvalue weighted by Gasteiger charge is -2.12. The molecule has 3 nitrogen and oxygen atoms in total. The van der Waals surface area contributed by atoms with Crippen molar-refractivity contribution >= 4 is 35.9 Å². The number of hydrogen-bond acceptors (Lipinski definition) is 2. The molecule has 0 aliphatic carbocycles. The summed E-state index contributed by atoms with van der Waals surface area (Å²) in [5, 5.41) is 4.69. The summed E-state index contributed by atoms with van der Waals surface area (Å²) in [5.74, 6) is 0.983. The number of unbranched alkanes of at least 4 members (excludes halogenated alkanes) is 10. The highest BCUT2D eigenvalue weighted by Crippen LogP contribution is 2.36. The molecule has 0 radical (unpaired) electrons. The molecule has 8 heteroatoms. The average molecular weight is 453 g/mol. The molecule has 0 aliphatic heterocycles. The van der Waals surface area contributed by atoms with Crippen molar-refractivity contribution in [3.63, 3.8) is 0 Å². The van der Waals surface area contributed by atoms with Gasteiger partial charge >= 0.3 is 12.2 Å². The summed E-state index contributed by atoms with van der Waals surface area (Å²) in [6, 6.07) is 2.79. The molecule has 0 atom stereocenters. The molecule has 166 valence electrons. The number of anilines is 1. The molecule has 2 amide bonds. The molecule has 1 aromatic rings. The Bertz CT molecular complexity index is 600. The number of alkyl halides is 3. The van der Waals surface area contributed by atoms with Crippen LogP contribution >= 0.6 is 24.2 Å². The number of urea groups is 1. The van der Waals surface area contributed by atoms with E-state index in [4.69, 9.17) is 11.6 Å². The van der Waals surface area contributed by atoms with E-state index in [9.17, 15) is 18.0 Å². The molecule has 1 aromatic carbocycles. The van der Waals surface area contributed by atoms with Gasteiger partial charge in [-0.1, -0.05) is 69.4 Å². The van der Waals surface area contributed by atoms with Gasteiger partial charge < -0.3 is 10.6 Å². The fourth-order valence-corrected chi connectivity index (χ4v) is 3.47. The lowest BCUT2D eigenvalue weighted by molar-refractivity contribution is -0.137. The quantitative estimate of drug-likeness (QED) is 0.196. The summed E-state index contributed by atoms with van der Waals surface area (Å²) in [6.45, 7) is 0.497. The number of hydrogen-bond donors (Lipinski definition) is 3. The van der Waals surface area contributed by atoms with Gasteiger partial charge in [0.1, 0.15) is 0 Å². The van der Waals surface area contributed by atoms with Crippen molar-refractivity contribution in [3.05, 3.63) is 28.8 Å².